The van der Waals surface area contributed by atoms with E-state index in [0.29, 0.717) is 0 Å². The molecule has 112 valence electrons. The highest BCUT2D eigenvalue weighted by atomic mass is 16.5. The van der Waals surface area contributed by atoms with Crippen LogP contribution in [0.5, 0.6) is 0 Å². The molecule has 3 heteroatoms. The van der Waals surface area contributed by atoms with Crippen LogP contribution in [-0.2, 0) is 16.6 Å². The fraction of sp³-hybridized carbons (Fsp3) is 0.647. The smallest absolute Gasteiger partial charge is 0.0856 e. The zero-order chi connectivity index (χ0) is 14.8. The molecular formula is C17H28N2O. The fourth-order valence-corrected chi connectivity index (χ4v) is 2.61. The van der Waals surface area contributed by atoms with Gasteiger partial charge in [0.2, 0.25) is 0 Å². The zero-order valence-corrected chi connectivity index (χ0v) is 13.2. The predicted octanol–water partition coefficient (Wildman–Crippen LogP) is 2.18. The molecule has 2 unspecified atom stereocenters. The van der Waals surface area contributed by atoms with Gasteiger partial charge in [0.25, 0.3) is 0 Å². The first-order valence-electron chi connectivity index (χ1n) is 7.51. The van der Waals surface area contributed by atoms with E-state index in [1.807, 2.05) is 0 Å². The van der Waals surface area contributed by atoms with Crippen molar-refractivity contribution in [2.75, 3.05) is 26.7 Å². The van der Waals surface area contributed by atoms with Crippen LogP contribution in [0.15, 0.2) is 24.3 Å². The van der Waals surface area contributed by atoms with Crippen LogP contribution in [-0.4, -0.2) is 43.8 Å². The van der Waals surface area contributed by atoms with Gasteiger partial charge in [-0.05, 0) is 30.0 Å². The molecule has 1 saturated heterocycles. The first kappa shape index (κ1) is 15.5. The number of nitrogens with two attached hydrogens (primary N) is 1. The maximum absolute atomic E-state index is 6.31. The van der Waals surface area contributed by atoms with Gasteiger partial charge in [0.1, 0.15) is 0 Å². The van der Waals surface area contributed by atoms with Gasteiger partial charge in [0.15, 0.2) is 0 Å². The van der Waals surface area contributed by atoms with E-state index < -0.39 is 0 Å². The molecule has 0 saturated carbocycles. The number of ether oxygens (including phenoxy) is 1. The van der Waals surface area contributed by atoms with E-state index in [1.54, 1.807) is 0 Å². The highest BCUT2D eigenvalue weighted by molar-refractivity contribution is 5.28. The average Bonchev–Trinajstić information content (AvgIpc) is 2.38. The molecule has 1 aliphatic rings. The molecule has 1 aromatic carbocycles. The normalized spacial score (nSPS) is 22.8. The molecule has 0 amide bonds. The quantitative estimate of drug-likeness (QED) is 0.919. The van der Waals surface area contributed by atoms with Crippen LogP contribution in [0.4, 0.5) is 0 Å². The van der Waals surface area contributed by atoms with E-state index in [1.165, 1.54) is 11.1 Å². The van der Waals surface area contributed by atoms with E-state index in [9.17, 15) is 0 Å². The highest BCUT2D eigenvalue weighted by Crippen LogP contribution is 2.22. The van der Waals surface area contributed by atoms with Gasteiger partial charge >= 0.3 is 0 Å². The van der Waals surface area contributed by atoms with Crippen LogP contribution < -0.4 is 5.73 Å². The Kier molecular flexibility index (Phi) is 4.84. The van der Waals surface area contributed by atoms with Crippen molar-refractivity contribution in [3.05, 3.63) is 35.4 Å². The SMILES string of the molecule is CN1CCOC(C(N)Cc2ccc(C(C)(C)C)cc2)C1. The van der Waals surface area contributed by atoms with Crippen molar-refractivity contribution in [1.29, 1.82) is 0 Å². The summed E-state index contributed by atoms with van der Waals surface area (Å²) in [6.07, 6.45) is 1.03. The van der Waals surface area contributed by atoms with Crippen molar-refractivity contribution >= 4 is 0 Å². The second-order valence-electron chi connectivity index (χ2n) is 6.99. The van der Waals surface area contributed by atoms with Crippen molar-refractivity contribution < 1.29 is 4.74 Å². The molecule has 0 radical (unpaired) electrons. The number of benzene rings is 1. The Morgan fingerprint density at radius 2 is 1.95 bits per heavy atom. The molecule has 2 atom stereocenters. The zero-order valence-electron chi connectivity index (χ0n) is 13.2. The van der Waals surface area contributed by atoms with Gasteiger partial charge in [-0.1, -0.05) is 45.0 Å². The Labute approximate surface area is 123 Å². The summed E-state index contributed by atoms with van der Waals surface area (Å²) in [7, 11) is 2.13. The number of hydrogen-bond acceptors (Lipinski definition) is 3. The first-order chi connectivity index (χ1) is 9.36. The topological polar surface area (TPSA) is 38.5 Å². The molecule has 2 rings (SSSR count). The molecule has 1 aromatic rings. The second kappa shape index (κ2) is 6.25. The molecule has 0 spiro atoms. The molecule has 0 aliphatic carbocycles. The minimum absolute atomic E-state index is 0.0678. The Balaban J connectivity index is 1.95. The van der Waals surface area contributed by atoms with Crippen LogP contribution in [0.1, 0.15) is 31.9 Å². The molecule has 2 N–H and O–H groups in total. The van der Waals surface area contributed by atoms with Crippen molar-refractivity contribution in [2.24, 2.45) is 5.73 Å². The predicted molar refractivity (Wildman–Crippen MR) is 84.1 cm³/mol. The van der Waals surface area contributed by atoms with E-state index in [4.69, 9.17) is 10.5 Å². The highest BCUT2D eigenvalue weighted by Gasteiger charge is 2.24. The lowest BCUT2D eigenvalue weighted by Gasteiger charge is -2.33. The third kappa shape index (κ3) is 4.05. The van der Waals surface area contributed by atoms with Gasteiger partial charge in [-0.2, -0.15) is 0 Å². The summed E-state index contributed by atoms with van der Waals surface area (Å²) in [6.45, 7) is 9.43. The summed E-state index contributed by atoms with van der Waals surface area (Å²) in [5.41, 5.74) is 9.18. The third-order valence-corrected chi connectivity index (χ3v) is 4.07. The van der Waals surface area contributed by atoms with Crippen LogP contribution in [0.3, 0.4) is 0 Å². The van der Waals surface area contributed by atoms with Gasteiger partial charge in [-0.25, -0.2) is 0 Å². The van der Waals surface area contributed by atoms with E-state index >= 15 is 0 Å². The summed E-state index contributed by atoms with van der Waals surface area (Å²) in [6, 6.07) is 8.91. The van der Waals surface area contributed by atoms with E-state index in [0.717, 1.165) is 26.1 Å². The Bertz CT molecular complexity index is 422. The van der Waals surface area contributed by atoms with Gasteiger partial charge in [0, 0.05) is 19.1 Å². The van der Waals surface area contributed by atoms with E-state index in [-0.39, 0.29) is 17.6 Å². The molecule has 0 aromatic heterocycles. The van der Waals surface area contributed by atoms with Crippen molar-refractivity contribution in [3.8, 4) is 0 Å². The molecule has 20 heavy (non-hydrogen) atoms. The lowest BCUT2D eigenvalue weighted by molar-refractivity contribution is -0.0319. The van der Waals surface area contributed by atoms with E-state index in [2.05, 4.69) is 57.0 Å². The summed E-state index contributed by atoms with van der Waals surface area (Å²) in [4.78, 5) is 2.29. The van der Waals surface area contributed by atoms with Crippen molar-refractivity contribution in [2.45, 2.75) is 44.8 Å². The summed E-state index contributed by atoms with van der Waals surface area (Å²) in [5, 5.41) is 0. The molecular weight excluding hydrogens is 248 g/mol. The molecule has 0 bridgehead atoms. The molecule has 1 fully saturated rings. The largest absolute Gasteiger partial charge is 0.374 e. The monoisotopic (exact) mass is 276 g/mol. The maximum atomic E-state index is 6.31. The molecule has 3 nitrogen and oxygen atoms in total. The minimum atomic E-state index is 0.0678. The van der Waals surface area contributed by atoms with Crippen molar-refractivity contribution in [3.63, 3.8) is 0 Å². The summed E-state index contributed by atoms with van der Waals surface area (Å²) >= 11 is 0. The Hall–Kier alpha value is -0.900. The van der Waals surface area contributed by atoms with Crippen LogP contribution in [0, 0.1) is 0 Å². The number of hydrogen-bond donors (Lipinski definition) is 1. The van der Waals surface area contributed by atoms with Gasteiger partial charge in [0.05, 0.1) is 12.7 Å². The number of likely N-dealkylation sites (N-methyl/N-ethyl adjacent to an activating group) is 1. The van der Waals surface area contributed by atoms with Gasteiger partial charge < -0.3 is 15.4 Å². The Morgan fingerprint density at radius 1 is 1.30 bits per heavy atom. The number of nitrogens with zero attached hydrogens (tertiary/aromatic N) is 1. The van der Waals surface area contributed by atoms with Crippen LogP contribution >= 0.6 is 0 Å². The summed E-state index contributed by atoms with van der Waals surface area (Å²) in [5.74, 6) is 0. The lowest BCUT2D eigenvalue weighted by Crippen LogP contribution is -2.50. The average molecular weight is 276 g/mol. The minimum Gasteiger partial charge on any atom is -0.374 e. The lowest BCUT2D eigenvalue weighted by atomic mass is 9.86. The second-order valence-corrected chi connectivity index (χ2v) is 6.99. The van der Waals surface area contributed by atoms with Gasteiger partial charge in [-0.3, -0.25) is 0 Å². The van der Waals surface area contributed by atoms with Crippen molar-refractivity contribution in [1.82, 2.24) is 4.90 Å². The first-order valence-corrected chi connectivity index (χ1v) is 7.51. The van der Waals surface area contributed by atoms with Gasteiger partial charge in [-0.15, -0.1) is 0 Å². The summed E-state index contributed by atoms with van der Waals surface area (Å²) < 4.78 is 5.79. The van der Waals surface area contributed by atoms with Crippen LogP contribution in [0.2, 0.25) is 0 Å². The molecule has 1 heterocycles. The maximum Gasteiger partial charge on any atom is 0.0856 e. The van der Waals surface area contributed by atoms with Crippen LogP contribution in [0.25, 0.3) is 0 Å². The Morgan fingerprint density at radius 3 is 2.50 bits per heavy atom. The molecule has 1 aliphatic heterocycles. The third-order valence-electron chi connectivity index (χ3n) is 4.07. The number of rotatable bonds is 3. The fourth-order valence-electron chi connectivity index (χ4n) is 2.61. The standard InChI is InChI=1S/C17H28N2O/c1-17(2,3)14-7-5-13(6-8-14)11-15(18)16-12-19(4)9-10-20-16/h5-8,15-16H,9-12,18H2,1-4H3. The number of morpholine rings is 1.